The minimum Gasteiger partial charge on any atom is -0.454 e. The number of carbonyl (C=O) groups is 1. The first-order valence-electron chi connectivity index (χ1n) is 4.09. The number of benzene rings is 1. The van der Waals surface area contributed by atoms with E-state index in [0.29, 0.717) is 12.1 Å². The quantitative estimate of drug-likeness (QED) is 0.463. The number of hydrogen-bond donors (Lipinski definition) is 0. The molecule has 1 aromatic carbocycles. The van der Waals surface area contributed by atoms with Crippen molar-refractivity contribution in [1.82, 2.24) is 0 Å². The summed E-state index contributed by atoms with van der Waals surface area (Å²) in [6.07, 6.45) is -5.20. The largest absolute Gasteiger partial charge is 0.490 e. The van der Waals surface area contributed by atoms with Crippen molar-refractivity contribution >= 4 is 5.97 Å². The highest BCUT2D eigenvalue weighted by Crippen LogP contribution is 2.19. The second-order valence-corrected chi connectivity index (χ2v) is 2.95. The fraction of sp³-hybridized carbons (Fsp3) is 0.222. The summed E-state index contributed by atoms with van der Waals surface area (Å²) < 4.78 is 76.5. The van der Waals surface area contributed by atoms with E-state index >= 15 is 0 Å². The maximum atomic E-state index is 12.6. The molecule has 0 aliphatic rings. The number of rotatable bonds is 2. The van der Waals surface area contributed by atoms with Crippen LogP contribution >= 0.6 is 0 Å². The molecule has 0 bridgehead atoms. The number of esters is 1. The Kier molecular flexibility index (Phi) is 3.64. The van der Waals surface area contributed by atoms with Gasteiger partial charge in [-0.3, -0.25) is 0 Å². The van der Waals surface area contributed by atoms with Crippen molar-refractivity contribution in [3.63, 3.8) is 0 Å². The molecule has 0 spiro atoms. The molecule has 8 heteroatoms. The highest BCUT2D eigenvalue weighted by Gasteiger charge is 2.40. The van der Waals surface area contributed by atoms with Crippen LogP contribution in [0.4, 0.5) is 26.3 Å². The lowest BCUT2D eigenvalue weighted by atomic mass is 10.2. The zero-order chi connectivity index (χ0) is 13.2. The van der Waals surface area contributed by atoms with Crippen LogP contribution in [0.5, 0.6) is 0 Å². The summed E-state index contributed by atoms with van der Waals surface area (Å²) in [5.74, 6) is -7.41. The molecule has 2 nitrogen and oxygen atoms in total. The Morgan fingerprint density at radius 3 is 2.00 bits per heavy atom. The Balaban J connectivity index is 2.74. The van der Waals surface area contributed by atoms with Gasteiger partial charge in [-0.15, -0.1) is 0 Å². The molecule has 0 aliphatic carbocycles. The molecule has 0 saturated heterocycles. The molecule has 1 rings (SSSR count). The number of halogens is 6. The molecule has 0 saturated carbocycles. The van der Waals surface area contributed by atoms with E-state index in [1.807, 2.05) is 0 Å². The lowest BCUT2D eigenvalue weighted by molar-refractivity contribution is -0.201. The van der Waals surface area contributed by atoms with Crippen molar-refractivity contribution in [2.24, 2.45) is 0 Å². The monoisotopic (exact) mass is 258 g/mol. The van der Waals surface area contributed by atoms with E-state index in [-0.39, 0.29) is 0 Å². The molecule has 17 heavy (non-hydrogen) atoms. The highest BCUT2D eigenvalue weighted by atomic mass is 19.4. The molecule has 0 heterocycles. The van der Waals surface area contributed by atoms with E-state index in [1.165, 1.54) is 0 Å². The molecule has 0 unspecified atom stereocenters. The Bertz CT molecular complexity index is 417. The maximum absolute atomic E-state index is 12.6. The summed E-state index contributed by atoms with van der Waals surface area (Å²) in [6.45, 7) is -1.01. The summed E-state index contributed by atoms with van der Waals surface area (Å²) in [6, 6.07) is 0.865. The first-order chi connectivity index (χ1) is 7.71. The summed E-state index contributed by atoms with van der Waals surface area (Å²) in [5, 5.41) is 0. The Labute approximate surface area is 90.8 Å². The molecular weight excluding hydrogens is 254 g/mol. The first kappa shape index (κ1) is 13.3. The van der Waals surface area contributed by atoms with Crippen LogP contribution < -0.4 is 0 Å². The van der Waals surface area contributed by atoms with Gasteiger partial charge in [-0.2, -0.15) is 13.2 Å². The van der Waals surface area contributed by atoms with Crippen molar-refractivity contribution in [3.05, 3.63) is 35.1 Å². The van der Waals surface area contributed by atoms with Gasteiger partial charge in [0.1, 0.15) is 6.61 Å². The van der Waals surface area contributed by atoms with Gasteiger partial charge in [0.25, 0.3) is 0 Å². The lowest BCUT2D eigenvalue weighted by Gasteiger charge is -2.07. The van der Waals surface area contributed by atoms with Gasteiger partial charge in [-0.25, -0.2) is 18.0 Å². The zero-order valence-electron chi connectivity index (χ0n) is 7.95. The van der Waals surface area contributed by atoms with Crippen molar-refractivity contribution in [2.45, 2.75) is 12.8 Å². The average molecular weight is 258 g/mol. The minimum absolute atomic E-state index is 0.431. The van der Waals surface area contributed by atoms with Gasteiger partial charge in [-0.05, 0) is 17.7 Å². The lowest BCUT2D eigenvalue weighted by Crippen LogP contribution is -2.25. The highest BCUT2D eigenvalue weighted by molar-refractivity contribution is 5.75. The van der Waals surface area contributed by atoms with Crippen LogP contribution in [-0.4, -0.2) is 12.1 Å². The molecule has 0 aliphatic heterocycles. The fourth-order valence-corrected chi connectivity index (χ4v) is 0.922. The van der Waals surface area contributed by atoms with E-state index in [9.17, 15) is 31.1 Å². The molecule has 0 aromatic heterocycles. The molecule has 0 atom stereocenters. The topological polar surface area (TPSA) is 26.3 Å². The molecule has 0 N–H and O–H groups in total. The second-order valence-electron chi connectivity index (χ2n) is 2.95. The van der Waals surface area contributed by atoms with Crippen LogP contribution in [0.15, 0.2) is 12.1 Å². The van der Waals surface area contributed by atoms with Gasteiger partial charge in [-0.1, -0.05) is 0 Å². The molecule has 1 aromatic rings. The summed E-state index contributed by atoms with van der Waals surface area (Å²) in [5.41, 5.74) is -0.431. The number of alkyl halides is 3. The number of hydrogen-bond acceptors (Lipinski definition) is 2. The molecule has 0 amide bonds. The summed E-state index contributed by atoms with van der Waals surface area (Å²) >= 11 is 0. The van der Waals surface area contributed by atoms with Crippen LogP contribution in [0.3, 0.4) is 0 Å². The SMILES string of the molecule is O=C(OCc1cc(F)c(F)c(F)c1)C(F)(F)F. The van der Waals surface area contributed by atoms with Gasteiger partial charge < -0.3 is 4.74 Å². The summed E-state index contributed by atoms with van der Waals surface area (Å²) in [4.78, 5) is 10.3. The third kappa shape index (κ3) is 3.36. The number of ether oxygens (including phenoxy) is 1. The van der Waals surface area contributed by atoms with E-state index < -0.39 is 41.8 Å². The average Bonchev–Trinajstić information content (AvgIpc) is 2.20. The van der Waals surface area contributed by atoms with Crippen molar-refractivity contribution in [2.75, 3.05) is 0 Å². The van der Waals surface area contributed by atoms with E-state index in [1.54, 1.807) is 0 Å². The fourth-order valence-electron chi connectivity index (χ4n) is 0.922. The predicted octanol–water partition coefficient (Wildman–Crippen LogP) is 2.71. The van der Waals surface area contributed by atoms with Crippen LogP contribution in [-0.2, 0) is 16.1 Å². The minimum atomic E-state index is -5.20. The van der Waals surface area contributed by atoms with E-state index in [4.69, 9.17) is 0 Å². The van der Waals surface area contributed by atoms with E-state index in [0.717, 1.165) is 0 Å². The Hall–Kier alpha value is -1.73. The molecule has 0 fully saturated rings. The Morgan fingerprint density at radius 2 is 1.59 bits per heavy atom. The number of carbonyl (C=O) groups excluding carboxylic acids is 1. The third-order valence-electron chi connectivity index (χ3n) is 1.64. The van der Waals surface area contributed by atoms with E-state index in [2.05, 4.69) is 4.74 Å². The first-order valence-corrected chi connectivity index (χ1v) is 4.09. The van der Waals surface area contributed by atoms with Crippen molar-refractivity contribution in [1.29, 1.82) is 0 Å². The molecule has 0 radical (unpaired) electrons. The van der Waals surface area contributed by atoms with Crippen LogP contribution in [0.1, 0.15) is 5.56 Å². The summed E-state index contributed by atoms with van der Waals surface area (Å²) in [7, 11) is 0. The van der Waals surface area contributed by atoms with Gasteiger partial charge in [0, 0.05) is 0 Å². The van der Waals surface area contributed by atoms with Crippen LogP contribution in [0.25, 0.3) is 0 Å². The smallest absolute Gasteiger partial charge is 0.454 e. The van der Waals surface area contributed by atoms with Gasteiger partial charge >= 0.3 is 12.1 Å². The van der Waals surface area contributed by atoms with Crippen LogP contribution in [0, 0.1) is 17.5 Å². The van der Waals surface area contributed by atoms with Crippen LogP contribution in [0.2, 0.25) is 0 Å². The van der Waals surface area contributed by atoms with Gasteiger partial charge in [0.2, 0.25) is 0 Å². The van der Waals surface area contributed by atoms with Gasteiger partial charge in [0.15, 0.2) is 17.5 Å². The van der Waals surface area contributed by atoms with Crippen molar-refractivity contribution in [3.8, 4) is 0 Å². The molecular formula is C9H4F6O2. The zero-order valence-corrected chi connectivity index (χ0v) is 7.95. The second kappa shape index (κ2) is 4.64. The maximum Gasteiger partial charge on any atom is 0.490 e. The standard InChI is InChI=1S/C9H4F6O2/c10-5-1-4(2-6(11)7(5)12)3-17-8(16)9(13,14)15/h1-2H,3H2. The predicted molar refractivity (Wildman–Crippen MR) is 42.2 cm³/mol. The third-order valence-corrected chi connectivity index (χ3v) is 1.64. The molecule has 94 valence electrons. The Morgan fingerprint density at radius 1 is 1.12 bits per heavy atom. The normalized spacial score (nSPS) is 11.4. The van der Waals surface area contributed by atoms with Crippen molar-refractivity contribution < 1.29 is 35.9 Å². The van der Waals surface area contributed by atoms with Gasteiger partial charge in [0.05, 0.1) is 0 Å².